The Balaban J connectivity index is 1.43. The molecule has 0 spiro atoms. The molecule has 0 aliphatic carbocycles. The van der Waals surface area contributed by atoms with Gasteiger partial charge in [0, 0.05) is 64.4 Å². The first-order valence-corrected chi connectivity index (χ1v) is 16.3. The quantitative estimate of drug-likeness (QED) is 0.250. The average molecular weight is 591 g/mol. The van der Waals surface area contributed by atoms with Gasteiger partial charge >= 0.3 is 0 Å². The highest BCUT2D eigenvalue weighted by Gasteiger charge is 2.39. The van der Waals surface area contributed by atoms with Gasteiger partial charge in [-0.1, -0.05) is 13.8 Å². The largest absolute Gasteiger partial charge is 0.342 e. The summed E-state index contributed by atoms with van der Waals surface area (Å²) in [6, 6.07) is -1.46. The molecule has 0 aromatic heterocycles. The Morgan fingerprint density at radius 2 is 1.10 bits per heavy atom. The SMILES string of the molecule is CCNC(C)C(=O)NC1CN(CCN2CCC3CCCN3C(=O)C(NC(=O)C(C)NCC)C2)CCC2CCCN2C1=O. The van der Waals surface area contributed by atoms with E-state index in [9.17, 15) is 19.2 Å². The van der Waals surface area contributed by atoms with Crippen LogP contribution in [0.1, 0.15) is 66.2 Å². The molecule has 0 bridgehead atoms. The highest BCUT2D eigenvalue weighted by Crippen LogP contribution is 2.25. The predicted molar refractivity (Wildman–Crippen MR) is 162 cm³/mol. The number of fused-ring (bicyclic) bond motifs is 2. The lowest BCUT2D eigenvalue weighted by Crippen LogP contribution is -2.61. The standard InChI is InChI=1S/C30H54N8O4/c1-5-31-21(3)27(39)33-25-19-35(15-11-23-9-7-13-37(23)29(25)41)17-18-36-16-12-24-10-8-14-38(24)30(42)26(20-36)34-28(40)22(4)32-6-2/h21-26,31-32H,5-20H2,1-4H3,(H,33,39)(H,34,40). The number of likely N-dealkylation sites (N-methyl/N-ethyl adjacent to an activating group) is 2. The van der Waals surface area contributed by atoms with Gasteiger partial charge in [-0.15, -0.1) is 0 Å². The Hall–Kier alpha value is -2.28. The van der Waals surface area contributed by atoms with Gasteiger partial charge in [-0.05, 0) is 65.5 Å². The molecule has 0 aromatic carbocycles. The van der Waals surface area contributed by atoms with E-state index in [1.807, 2.05) is 37.5 Å². The minimum Gasteiger partial charge on any atom is -0.342 e. The normalized spacial score (nSPS) is 29.1. The van der Waals surface area contributed by atoms with Crippen molar-refractivity contribution >= 4 is 23.6 Å². The second-order valence-electron chi connectivity index (χ2n) is 12.5. The Kier molecular flexibility index (Phi) is 12.0. The van der Waals surface area contributed by atoms with Crippen LogP contribution in [0.15, 0.2) is 0 Å². The van der Waals surface area contributed by atoms with Crippen molar-refractivity contribution in [2.45, 2.75) is 102 Å². The summed E-state index contributed by atoms with van der Waals surface area (Å²) in [5.74, 6) is -0.259. The summed E-state index contributed by atoms with van der Waals surface area (Å²) in [5, 5.41) is 12.4. The molecule has 0 radical (unpaired) electrons. The van der Waals surface area contributed by atoms with Crippen LogP contribution in [0.3, 0.4) is 0 Å². The molecule has 4 aliphatic heterocycles. The van der Waals surface area contributed by atoms with Gasteiger partial charge in [-0.3, -0.25) is 29.0 Å². The van der Waals surface area contributed by atoms with Gasteiger partial charge in [0.1, 0.15) is 12.1 Å². The van der Waals surface area contributed by atoms with Crippen molar-refractivity contribution in [1.29, 1.82) is 0 Å². The van der Waals surface area contributed by atoms with Crippen LogP contribution in [0.5, 0.6) is 0 Å². The van der Waals surface area contributed by atoms with Crippen LogP contribution in [0, 0.1) is 0 Å². The molecule has 12 nitrogen and oxygen atoms in total. The Morgan fingerprint density at radius 3 is 1.48 bits per heavy atom. The minimum atomic E-state index is -0.583. The second-order valence-corrected chi connectivity index (χ2v) is 12.5. The van der Waals surface area contributed by atoms with E-state index >= 15 is 0 Å². The van der Waals surface area contributed by atoms with Gasteiger partial charge in [0.2, 0.25) is 23.6 Å². The lowest BCUT2D eigenvalue weighted by Gasteiger charge is -2.39. The van der Waals surface area contributed by atoms with Crippen LogP contribution < -0.4 is 21.3 Å². The maximum absolute atomic E-state index is 13.6. The van der Waals surface area contributed by atoms with Crippen molar-refractivity contribution in [3.63, 3.8) is 0 Å². The number of carbonyl (C=O) groups is 4. The number of nitrogens with one attached hydrogen (secondary N) is 4. The lowest BCUT2D eigenvalue weighted by atomic mass is 10.1. The molecule has 4 aliphatic rings. The summed E-state index contributed by atoms with van der Waals surface area (Å²) in [4.78, 5) is 61.6. The molecule has 12 heteroatoms. The van der Waals surface area contributed by atoms with E-state index in [-0.39, 0.29) is 47.8 Å². The number of rotatable bonds is 11. The van der Waals surface area contributed by atoms with Gasteiger partial charge < -0.3 is 31.1 Å². The molecule has 4 fully saturated rings. The Morgan fingerprint density at radius 1 is 0.690 bits per heavy atom. The third-order valence-electron chi connectivity index (χ3n) is 9.53. The van der Waals surface area contributed by atoms with Crippen molar-refractivity contribution in [2.75, 3.05) is 65.4 Å². The van der Waals surface area contributed by atoms with E-state index in [1.165, 1.54) is 0 Å². The van der Waals surface area contributed by atoms with Crippen molar-refractivity contribution < 1.29 is 19.2 Å². The topological polar surface area (TPSA) is 129 Å². The summed E-state index contributed by atoms with van der Waals surface area (Å²) >= 11 is 0. The maximum atomic E-state index is 13.6. The number of hydrogen-bond donors (Lipinski definition) is 4. The number of nitrogens with zero attached hydrogens (tertiary/aromatic N) is 4. The van der Waals surface area contributed by atoms with Crippen LogP contribution in [0.2, 0.25) is 0 Å². The first-order valence-electron chi connectivity index (χ1n) is 16.3. The van der Waals surface area contributed by atoms with E-state index in [2.05, 4.69) is 31.1 Å². The fraction of sp³-hybridized carbons (Fsp3) is 0.867. The first kappa shape index (κ1) is 32.6. The highest BCUT2D eigenvalue weighted by atomic mass is 16.2. The van der Waals surface area contributed by atoms with Crippen LogP contribution >= 0.6 is 0 Å². The summed E-state index contributed by atoms with van der Waals surface area (Å²) in [5.41, 5.74) is 0. The predicted octanol–water partition coefficient (Wildman–Crippen LogP) is -0.655. The first-order chi connectivity index (χ1) is 20.2. The van der Waals surface area contributed by atoms with Gasteiger partial charge in [-0.25, -0.2) is 0 Å². The smallest absolute Gasteiger partial charge is 0.246 e. The van der Waals surface area contributed by atoms with Crippen LogP contribution in [-0.2, 0) is 19.2 Å². The van der Waals surface area contributed by atoms with Gasteiger partial charge in [0.05, 0.1) is 12.1 Å². The molecule has 0 aromatic rings. The van der Waals surface area contributed by atoms with Gasteiger partial charge in [0.25, 0.3) is 0 Å². The maximum Gasteiger partial charge on any atom is 0.246 e. The van der Waals surface area contributed by atoms with Crippen molar-refractivity contribution in [3.8, 4) is 0 Å². The number of hydrogen-bond acceptors (Lipinski definition) is 8. The summed E-state index contributed by atoms with van der Waals surface area (Å²) in [6.07, 6.45) is 5.88. The highest BCUT2D eigenvalue weighted by molar-refractivity contribution is 5.91. The Labute approximate surface area is 251 Å². The minimum absolute atomic E-state index is 0.0232. The van der Waals surface area contributed by atoms with E-state index in [0.29, 0.717) is 26.2 Å². The van der Waals surface area contributed by atoms with E-state index in [0.717, 1.165) is 77.8 Å². The summed E-state index contributed by atoms with van der Waals surface area (Å²) < 4.78 is 0. The Bertz CT molecular complexity index is 876. The molecule has 6 unspecified atom stereocenters. The zero-order valence-electron chi connectivity index (χ0n) is 26.2. The monoisotopic (exact) mass is 590 g/mol. The molecule has 238 valence electrons. The van der Waals surface area contributed by atoms with E-state index in [1.54, 1.807) is 0 Å². The fourth-order valence-corrected chi connectivity index (χ4v) is 7.07. The molecule has 4 amide bonds. The fourth-order valence-electron chi connectivity index (χ4n) is 7.07. The average Bonchev–Trinajstić information content (AvgIpc) is 3.63. The number of carbonyl (C=O) groups excluding carboxylic acids is 4. The molecule has 4 heterocycles. The molecular formula is C30H54N8O4. The van der Waals surface area contributed by atoms with E-state index < -0.39 is 12.1 Å². The third-order valence-corrected chi connectivity index (χ3v) is 9.53. The molecule has 0 saturated carbocycles. The zero-order chi connectivity index (χ0) is 30.2. The van der Waals surface area contributed by atoms with Crippen LogP contribution in [-0.4, -0.2) is 145 Å². The van der Waals surface area contributed by atoms with Crippen molar-refractivity contribution in [2.24, 2.45) is 0 Å². The summed E-state index contributed by atoms with van der Waals surface area (Å²) in [6.45, 7) is 14.6. The van der Waals surface area contributed by atoms with Crippen molar-refractivity contribution in [1.82, 2.24) is 40.9 Å². The molecule has 4 rings (SSSR count). The lowest BCUT2D eigenvalue weighted by molar-refractivity contribution is -0.139. The molecule has 42 heavy (non-hydrogen) atoms. The molecule has 4 N–H and O–H groups in total. The second kappa shape index (κ2) is 15.4. The summed E-state index contributed by atoms with van der Waals surface area (Å²) in [7, 11) is 0. The van der Waals surface area contributed by atoms with Crippen molar-refractivity contribution in [3.05, 3.63) is 0 Å². The number of amides is 4. The third kappa shape index (κ3) is 8.21. The molecule has 4 saturated heterocycles. The molecule has 6 atom stereocenters. The van der Waals surface area contributed by atoms with E-state index in [4.69, 9.17) is 0 Å². The van der Waals surface area contributed by atoms with Gasteiger partial charge in [0.15, 0.2) is 0 Å². The molecular weight excluding hydrogens is 536 g/mol. The van der Waals surface area contributed by atoms with Gasteiger partial charge in [-0.2, -0.15) is 0 Å². The zero-order valence-corrected chi connectivity index (χ0v) is 26.2. The van der Waals surface area contributed by atoms with Crippen LogP contribution in [0.25, 0.3) is 0 Å². The van der Waals surface area contributed by atoms with Crippen LogP contribution in [0.4, 0.5) is 0 Å².